The van der Waals surface area contributed by atoms with Crippen molar-refractivity contribution in [1.29, 1.82) is 0 Å². The SMILES string of the molecule is CCCC[C@H](O)CN1CCN(c2nc(C)nc(C)c2Cc2ccccc2)CC1. The predicted octanol–water partition coefficient (Wildman–Crippen LogP) is 3.36. The molecule has 0 saturated carbocycles. The van der Waals surface area contributed by atoms with E-state index in [2.05, 4.69) is 59.0 Å². The molecule has 152 valence electrons. The number of aryl methyl sites for hydroxylation is 2. The molecular weight excluding hydrogens is 348 g/mol. The predicted molar refractivity (Wildman–Crippen MR) is 115 cm³/mol. The van der Waals surface area contributed by atoms with Crippen LogP contribution in [0.3, 0.4) is 0 Å². The number of piperazine rings is 1. The van der Waals surface area contributed by atoms with Crippen molar-refractivity contribution in [2.24, 2.45) is 0 Å². The van der Waals surface area contributed by atoms with Crippen molar-refractivity contribution in [1.82, 2.24) is 14.9 Å². The molecule has 2 aromatic rings. The second-order valence-corrected chi connectivity index (χ2v) is 7.90. The molecule has 5 nitrogen and oxygen atoms in total. The zero-order valence-electron chi connectivity index (χ0n) is 17.6. The van der Waals surface area contributed by atoms with Crippen LogP contribution in [-0.2, 0) is 6.42 Å². The summed E-state index contributed by atoms with van der Waals surface area (Å²) in [5.41, 5.74) is 3.59. The summed E-state index contributed by atoms with van der Waals surface area (Å²) in [7, 11) is 0. The van der Waals surface area contributed by atoms with Gasteiger partial charge in [-0.2, -0.15) is 0 Å². The van der Waals surface area contributed by atoms with E-state index in [0.717, 1.165) is 75.7 Å². The Balaban J connectivity index is 1.68. The molecule has 0 bridgehead atoms. The first-order valence-electron chi connectivity index (χ1n) is 10.6. The van der Waals surface area contributed by atoms with Gasteiger partial charge in [-0.05, 0) is 25.8 Å². The zero-order chi connectivity index (χ0) is 19.9. The van der Waals surface area contributed by atoms with E-state index in [1.165, 1.54) is 11.1 Å². The minimum atomic E-state index is -0.205. The molecule has 1 aliphatic heterocycles. The van der Waals surface area contributed by atoms with Crippen molar-refractivity contribution in [2.45, 2.75) is 52.6 Å². The molecule has 0 amide bonds. The Morgan fingerprint density at radius 3 is 2.43 bits per heavy atom. The highest BCUT2D eigenvalue weighted by molar-refractivity contribution is 5.51. The van der Waals surface area contributed by atoms with Crippen LogP contribution in [-0.4, -0.2) is 58.8 Å². The fraction of sp³-hybridized carbons (Fsp3) is 0.565. The molecule has 0 unspecified atom stereocenters. The highest BCUT2D eigenvalue weighted by Crippen LogP contribution is 2.25. The zero-order valence-corrected chi connectivity index (χ0v) is 17.6. The number of anilines is 1. The van der Waals surface area contributed by atoms with Crippen LogP contribution in [0.5, 0.6) is 0 Å². The first-order chi connectivity index (χ1) is 13.6. The number of β-amino-alcohol motifs (C(OH)–C–C–N with tert-alkyl or cyclic N) is 1. The number of nitrogens with zero attached hydrogens (tertiary/aromatic N) is 4. The van der Waals surface area contributed by atoms with Crippen LogP contribution >= 0.6 is 0 Å². The Morgan fingerprint density at radius 1 is 1.04 bits per heavy atom. The lowest BCUT2D eigenvalue weighted by atomic mass is 10.0. The lowest BCUT2D eigenvalue weighted by molar-refractivity contribution is 0.100. The Labute approximate surface area is 169 Å². The van der Waals surface area contributed by atoms with Crippen molar-refractivity contribution < 1.29 is 5.11 Å². The molecule has 3 rings (SSSR count). The molecule has 1 aromatic carbocycles. The van der Waals surface area contributed by atoms with E-state index in [1.54, 1.807) is 0 Å². The van der Waals surface area contributed by atoms with E-state index in [4.69, 9.17) is 4.98 Å². The van der Waals surface area contributed by atoms with Gasteiger partial charge >= 0.3 is 0 Å². The minimum Gasteiger partial charge on any atom is -0.392 e. The topological polar surface area (TPSA) is 52.5 Å². The van der Waals surface area contributed by atoms with Gasteiger partial charge in [0.15, 0.2) is 0 Å². The molecular formula is C23H34N4O. The second-order valence-electron chi connectivity index (χ2n) is 7.90. The van der Waals surface area contributed by atoms with Crippen LogP contribution in [0.1, 0.15) is 48.8 Å². The lowest BCUT2D eigenvalue weighted by Gasteiger charge is -2.37. The molecule has 1 N–H and O–H groups in total. The van der Waals surface area contributed by atoms with Gasteiger partial charge in [0, 0.05) is 50.4 Å². The average molecular weight is 383 g/mol. The fourth-order valence-electron chi connectivity index (χ4n) is 3.96. The summed E-state index contributed by atoms with van der Waals surface area (Å²) < 4.78 is 0. The number of aliphatic hydroxyl groups excluding tert-OH is 1. The smallest absolute Gasteiger partial charge is 0.136 e. The summed E-state index contributed by atoms with van der Waals surface area (Å²) >= 11 is 0. The van der Waals surface area contributed by atoms with E-state index in [-0.39, 0.29) is 6.10 Å². The molecule has 0 aliphatic carbocycles. The van der Waals surface area contributed by atoms with Gasteiger partial charge in [0.1, 0.15) is 11.6 Å². The van der Waals surface area contributed by atoms with Crippen LogP contribution in [0.4, 0.5) is 5.82 Å². The van der Waals surface area contributed by atoms with Crippen LogP contribution in [0.2, 0.25) is 0 Å². The van der Waals surface area contributed by atoms with Crippen molar-refractivity contribution in [3.8, 4) is 0 Å². The Bertz CT molecular complexity index is 742. The van der Waals surface area contributed by atoms with Crippen LogP contribution in [0.15, 0.2) is 30.3 Å². The standard InChI is InChI=1S/C23H34N4O/c1-4-5-11-21(28)17-26-12-14-27(15-13-26)23-22(18(2)24-19(3)25-23)16-20-9-7-6-8-10-20/h6-10,21,28H,4-5,11-17H2,1-3H3/t21-/m0/s1. The minimum absolute atomic E-state index is 0.205. The number of unbranched alkanes of at least 4 members (excludes halogenated alkanes) is 1. The Hall–Kier alpha value is -1.98. The molecule has 0 radical (unpaired) electrons. The maximum absolute atomic E-state index is 10.2. The monoisotopic (exact) mass is 382 g/mol. The summed E-state index contributed by atoms with van der Waals surface area (Å²) in [6, 6.07) is 10.6. The number of rotatable bonds is 8. The summed E-state index contributed by atoms with van der Waals surface area (Å²) in [5.74, 6) is 1.92. The van der Waals surface area contributed by atoms with Crippen LogP contribution in [0, 0.1) is 13.8 Å². The van der Waals surface area contributed by atoms with Gasteiger partial charge in [-0.25, -0.2) is 9.97 Å². The summed E-state index contributed by atoms with van der Waals surface area (Å²) in [6.07, 6.45) is 3.80. The van der Waals surface area contributed by atoms with Crippen molar-refractivity contribution in [2.75, 3.05) is 37.6 Å². The average Bonchev–Trinajstić information content (AvgIpc) is 2.70. The number of aliphatic hydroxyl groups is 1. The summed E-state index contributed by atoms with van der Waals surface area (Å²) in [6.45, 7) is 10.8. The molecule has 1 aromatic heterocycles. The largest absolute Gasteiger partial charge is 0.392 e. The Morgan fingerprint density at radius 2 is 1.75 bits per heavy atom. The van der Waals surface area contributed by atoms with Crippen molar-refractivity contribution in [3.05, 3.63) is 53.0 Å². The van der Waals surface area contributed by atoms with Gasteiger partial charge in [-0.1, -0.05) is 50.1 Å². The van der Waals surface area contributed by atoms with Crippen LogP contribution < -0.4 is 4.90 Å². The highest BCUT2D eigenvalue weighted by Gasteiger charge is 2.23. The molecule has 28 heavy (non-hydrogen) atoms. The third-order valence-corrected chi connectivity index (χ3v) is 5.56. The van der Waals surface area contributed by atoms with Crippen molar-refractivity contribution in [3.63, 3.8) is 0 Å². The molecule has 1 saturated heterocycles. The van der Waals surface area contributed by atoms with Gasteiger partial charge in [-0.3, -0.25) is 4.90 Å². The first-order valence-corrected chi connectivity index (χ1v) is 10.6. The van der Waals surface area contributed by atoms with Gasteiger partial charge in [-0.15, -0.1) is 0 Å². The number of hydrogen-bond donors (Lipinski definition) is 1. The third kappa shape index (κ3) is 5.52. The third-order valence-electron chi connectivity index (χ3n) is 5.56. The number of hydrogen-bond acceptors (Lipinski definition) is 5. The highest BCUT2D eigenvalue weighted by atomic mass is 16.3. The quantitative estimate of drug-likeness (QED) is 0.759. The number of aromatic nitrogens is 2. The van der Waals surface area contributed by atoms with Gasteiger partial charge in [0.05, 0.1) is 6.10 Å². The van der Waals surface area contributed by atoms with Gasteiger partial charge in [0.2, 0.25) is 0 Å². The molecule has 5 heteroatoms. The molecule has 1 aliphatic rings. The van der Waals surface area contributed by atoms with Crippen molar-refractivity contribution >= 4 is 5.82 Å². The maximum Gasteiger partial charge on any atom is 0.136 e. The molecule has 1 fully saturated rings. The lowest BCUT2D eigenvalue weighted by Crippen LogP contribution is -2.49. The first kappa shape index (κ1) is 20.7. The Kier molecular flexibility index (Phi) is 7.40. The second kappa shape index (κ2) is 9.99. The number of benzene rings is 1. The van der Waals surface area contributed by atoms with Crippen LogP contribution in [0.25, 0.3) is 0 Å². The molecule has 0 spiro atoms. The van der Waals surface area contributed by atoms with E-state index < -0.39 is 0 Å². The van der Waals surface area contributed by atoms with E-state index in [9.17, 15) is 5.11 Å². The van der Waals surface area contributed by atoms with E-state index >= 15 is 0 Å². The molecule has 1 atom stereocenters. The van der Waals surface area contributed by atoms with Gasteiger partial charge in [0.25, 0.3) is 0 Å². The fourth-order valence-corrected chi connectivity index (χ4v) is 3.96. The maximum atomic E-state index is 10.2. The van der Waals surface area contributed by atoms with E-state index in [1.807, 2.05) is 6.92 Å². The molecule has 2 heterocycles. The summed E-state index contributed by atoms with van der Waals surface area (Å²) in [5, 5.41) is 10.2. The normalized spacial score (nSPS) is 16.4. The van der Waals surface area contributed by atoms with E-state index in [0.29, 0.717) is 0 Å². The summed E-state index contributed by atoms with van der Waals surface area (Å²) in [4.78, 5) is 14.2. The van der Waals surface area contributed by atoms with Gasteiger partial charge < -0.3 is 10.0 Å².